The summed E-state index contributed by atoms with van der Waals surface area (Å²) in [7, 11) is -4.10. The minimum absolute atomic E-state index is 0.0234. The Hall–Kier alpha value is -3.02. The normalized spacial score (nSPS) is 10.7. The predicted molar refractivity (Wildman–Crippen MR) is 90.9 cm³/mol. The number of amides is 1. The lowest BCUT2D eigenvalue weighted by atomic mass is 10.2. The van der Waals surface area contributed by atoms with Crippen LogP contribution >= 0.6 is 0 Å². The average molecular weight is 359 g/mol. The van der Waals surface area contributed by atoms with Crippen LogP contribution in [-0.4, -0.2) is 20.9 Å². The molecule has 0 aliphatic heterocycles. The van der Waals surface area contributed by atoms with Crippen molar-refractivity contribution in [2.45, 2.75) is 4.90 Å². The number of sulfonamides is 1. The van der Waals surface area contributed by atoms with Gasteiger partial charge in [0.2, 0.25) is 10.0 Å². The molecule has 0 bridgehead atoms. The number of hydrogen-bond acceptors (Lipinski definition) is 4. The van der Waals surface area contributed by atoms with Crippen molar-refractivity contribution in [1.82, 2.24) is 4.72 Å². The average Bonchev–Trinajstić information content (AvgIpc) is 2.60. The highest BCUT2D eigenvalue weighted by Gasteiger charge is 2.20. The molecular formula is C17H14FN3O3S. The molecule has 0 fully saturated rings. The van der Waals surface area contributed by atoms with Gasteiger partial charge in [-0.25, -0.2) is 17.5 Å². The first-order chi connectivity index (χ1) is 11.9. The number of nitrogens with one attached hydrogen (secondary N) is 2. The molecule has 2 N–H and O–H groups in total. The zero-order valence-corrected chi connectivity index (χ0v) is 13.8. The van der Waals surface area contributed by atoms with Gasteiger partial charge in [-0.3, -0.25) is 4.79 Å². The van der Waals surface area contributed by atoms with Crippen molar-refractivity contribution in [2.75, 3.05) is 11.9 Å². The lowest BCUT2D eigenvalue weighted by Gasteiger charge is -2.09. The molecule has 0 saturated heterocycles. The maximum atomic E-state index is 13.9. The van der Waals surface area contributed by atoms with E-state index in [1.54, 1.807) is 0 Å². The van der Waals surface area contributed by atoms with Crippen LogP contribution in [0.3, 0.4) is 0 Å². The molecule has 0 atom stereocenters. The van der Waals surface area contributed by atoms with Crippen molar-refractivity contribution < 1.29 is 17.6 Å². The van der Waals surface area contributed by atoms with Gasteiger partial charge in [-0.15, -0.1) is 6.58 Å². The summed E-state index contributed by atoms with van der Waals surface area (Å²) >= 11 is 0. The molecule has 25 heavy (non-hydrogen) atoms. The van der Waals surface area contributed by atoms with Crippen LogP contribution in [-0.2, 0) is 10.0 Å². The Morgan fingerprint density at radius 2 is 1.92 bits per heavy atom. The van der Waals surface area contributed by atoms with E-state index in [2.05, 4.69) is 16.6 Å². The summed E-state index contributed by atoms with van der Waals surface area (Å²) in [6, 6.07) is 11.1. The van der Waals surface area contributed by atoms with Gasteiger partial charge < -0.3 is 5.32 Å². The third kappa shape index (κ3) is 4.50. The van der Waals surface area contributed by atoms with Crippen LogP contribution < -0.4 is 10.0 Å². The first-order valence-electron chi connectivity index (χ1n) is 7.09. The minimum atomic E-state index is -4.10. The summed E-state index contributed by atoms with van der Waals surface area (Å²) in [6.07, 6.45) is 1.32. The number of carbonyl (C=O) groups is 1. The van der Waals surface area contributed by atoms with E-state index >= 15 is 0 Å². The van der Waals surface area contributed by atoms with Crippen molar-refractivity contribution in [3.8, 4) is 6.07 Å². The molecule has 0 spiro atoms. The van der Waals surface area contributed by atoms with Crippen molar-refractivity contribution in [3.63, 3.8) is 0 Å². The smallest absolute Gasteiger partial charge is 0.255 e. The fourth-order valence-corrected chi connectivity index (χ4v) is 3.03. The number of rotatable bonds is 6. The van der Waals surface area contributed by atoms with E-state index in [-0.39, 0.29) is 12.1 Å². The number of anilines is 1. The van der Waals surface area contributed by atoms with Crippen LogP contribution in [0.15, 0.2) is 60.0 Å². The minimum Gasteiger partial charge on any atom is -0.322 e. The van der Waals surface area contributed by atoms with E-state index in [1.165, 1.54) is 36.4 Å². The van der Waals surface area contributed by atoms with Crippen molar-refractivity contribution in [2.24, 2.45) is 0 Å². The van der Waals surface area contributed by atoms with Gasteiger partial charge in [0.15, 0.2) is 0 Å². The van der Waals surface area contributed by atoms with E-state index in [0.717, 1.165) is 12.1 Å². The monoisotopic (exact) mass is 359 g/mol. The molecular weight excluding hydrogens is 345 g/mol. The van der Waals surface area contributed by atoms with Gasteiger partial charge >= 0.3 is 0 Å². The van der Waals surface area contributed by atoms with Crippen LogP contribution in [0.5, 0.6) is 0 Å². The second-order valence-electron chi connectivity index (χ2n) is 4.93. The van der Waals surface area contributed by atoms with Crippen molar-refractivity contribution in [3.05, 3.63) is 72.1 Å². The molecule has 0 unspecified atom stereocenters. The van der Waals surface area contributed by atoms with Crippen LogP contribution in [0.4, 0.5) is 10.1 Å². The van der Waals surface area contributed by atoms with E-state index in [0.29, 0.717) is 11.3 Å². The Morgan fingerprint density at radius 1 is 1.24 bits per heavy atom. The SMILES string of the molecule is C=CCNS(=O)(=O)c1cc(C(=O)Nc2ccc(C#N)cc2)ccc1F. The highest BCUT2D eigenvalue weighted by atomic mass is 32.2. The highest BCUT2D eigenvalue weighted by molar-refractivity contribution is 7.89. The molecule has 1 amide bonds. The second kappa shape index (κ2) is 7.70. The Labute approximate surface area is 144 Å². The standard InChI is InChI=1S/C17H14FN3O3S/c1-2-9-20-25(23,24)16-10-13(5-8-15(16)18)17(22)21-14-6-3-12(11-19)4-7-14/h2-8,10,20H,1,9H2,(H,21,22). The lowest BCUT2D eigenvalue weighted by Crippen LogP contribution is -2.25. The van der Waals surface area contributed by atoms with Gasteiger partial charge in [0.25, 0.3) is 5.91 Å². The summed E-state index contributed by atoms with van der Waals surface area (Å²) in [6.45, 7) is 3.31. The van der Waals surface area contributed by atoms with E-state index < -0.39 is 26.6 Å². The highest BCUT2D eigenvalue weighted by Crippen LogP contribution is 2.18. The molecule has 0 radical (unpaired) electrons. The molecule has 0 aromatic heterocycles. The maximum Gasteiger partial charge on any atom is 0.255 e. The van der Waals surface area contributed by atoms with Gasteiger partial charge in [0.05, 0.1) is 11.6 Å². The topological polar surface area (TPSA) is 99.1 Å². The molecule has 0 aliphatic rings. The van der Waals surface area contributed by atoms with Crippen LogP contribution in [0.2, 0.25) is 0 Å². The first kappa shape index (κ1) is 18.3. The van der Waals surface area contributed by atoms with Crippen molar-refractivity contribution in [1.29, 1.82) is 5.26 Å². The lowest BCUT2D eigenvalue weighted by molar-refractivity contribution is 0.102. The van der Waals surface area contributed by atoms with E-state index in [4.69, 9.17) is 5.26 Å². The Balaban J connectivity index is 2.27. The van der Waals surface area contributed by atoms with Gasteiger partial charge in [-0.2, -0.15) is 5.26 Å². The molecule has 6 nitrogen and oxygen atoms in total. The second-order valence-corrected chi connectivity index (χ2v) is 6.66. The molecule has 8 heteroatoms. The predicted octanol–water partition coefficient (Wildman–Crippen LogP) is 2.41. The molecule has 2 aromatic rings. The fraction of sp³-hybridized carbons (Fsp3) is 0.0588. The number of nitrogens with zero attached hydrogens (tertiary/aromatic N) is 1. The third-order valence-corrected chi connectivity index (χ3v) is 4.61. The van der Waals surface area contributed by atoms with Crippen LogP contribution in [0.25, 0.3) is 0 Å². The summed E-state index contributed by atoms with van der Waals surface area (Å²) < 4.78 is 40.1. The summed E-state index contributed by atoms with van der Waals surface area (Å²) in [5.41, 5.74) is 0.828. The Morgan fingerprint density at radius 3 is 2.52 bits per heavy atom. The van der Waals surface area contributed by atoms with Gasteiger partial charge in [-0.05, 0) is 42.5 Å². The number of hydrogen-bond donors (Lipinski definition) is 2. The Kier molecular flexibility index (Phi) is 5.64. The maximum absolute atomic E-state index is 13.9. The summed E-state index contributed by atoms with van der Waals surface area (Å²) in [4.78, 5) is 11.6. The number of nitriles is 1. The van der Waals surface area contributed by atoms with Crippen molar-refractivity contribution >= 4 is 21.6 Å². The number of carbonyl (C=O) groups excluding carboxylic acids is 1. The molecule has 128 valence electrons. The molecule has 0 saturated carbocycles. The molecule has 2 aromatic carbocycles. The van der Waals surface area contributed by atoms with Crippen LogP contribution in [0, 0.1) is 17.1 Å². The fourth-order valence-electron chi connectivity index (χ4n) is 1.93. The number of halogens is 1. The number of benzene rings is 2. The van der Waals surface area contributed by atoms with Gasteiger partial charge in [0.1, 0.15) is 10.7 Å². The Bertz CT molecular complexity index is 948. The molecule has 0 heterocycles. The van der Waals surface area contributed by atoms with Crippen LogP contribution in [0.1, 0.15) is 15.9 Å². The first-order valence-corrected chi connectivity index (χ1v) is 8.57. The van der Waals surface area contributed by atoms with E-state index in [9.17, 15) is 17.6 Å². The van der Waals surface area contributed by atoms with Gasteiger partial charge in [-0.1, -0.05) is 6.08 Å². The van der Waals surface area contributed by atoms with E-state index in [1.807, 2.05) is 6.07 Å². The summed E-state index contributed by atoms with van der Waals surface area (Å²) in [5.74, 6) is -1.57. The molecule has 0 aliphatic carbocycles. The zero-order valence-electron chi connectivity index (χ0n) is 13.0. The third-order valence-electron chi connectivity index (χ3n) is 3.17. The zero-order chi connectivity index (χ0) is 18.4. The van der Waals surface area contributed by atoms with Gasteiger partial charge in [0, 0.05) is 17.8 Å². The molecule has 2 rings (SSSR count). The summed E-state index contributed by atoms with van der Waals surface area (Å²) in [5, 5.41) is 11.3. The largest absolute Gasteiger partial charge is 0.322 e. The quantitative estimate of drug-likeness (QED) is 0.774.